The van der Waals surface area contributed by atoms with Gasteiger partial charge in [0.05, 0.1) is 16.8 Å². The zero-order chi connectivity index (χ0) is 27.5. The summed E-state index contributed by atoms with van der Waals surface area (Å²) in [5, 5.41) is 30.6. The smallest absolute Gasteiger partial charge is 0.173 e. The zero-order valence-corrected chi connectivity index (χ0v) is 21.6. The van der Waals surface area contributed by atoms with Crippen molar-refractivity contribution in [1.82, 2.24) is 10.3 Å². The normalized spacial score (nSPS) is 21.1. The summed E-state index contributed by atoms with van der Waals surface area (Å²) in [5.41, 5.74) is 1.76. The molecule has 200 valence electrons. The quantitative estimate of drug-likeness (QED) is 0.148. The lowest BCUT2D eigenvalue weighted by Crippen LogP contribution is -2.22. The van der Waals surface area contributed by atoms with Gasteiger partial charge in [-0.15, -0.1) is 6.42 Å². The number of rotatable bonds is 7. The Morgan fingerprint density at radius 2 is 1.82 bits per heavy atom. The summed E-state index contributed by atoms with van der Waals surface area (Å²) in [6, 6.07) is 15.0. The van der Waals surface area contributed by atoms with Crippen LogP contribution in [0.4, 0.5) is 26.0 Å². The van der Waals surface area contributed by atoms with Gasteiger partial charge in [0.2, 0.25) is 0 Å². The molecule has 0 amide bonds. The molecule has 3 fully saturated rings. The highest BCUT2D eigenvalue weighted by atomic mass is 19.1. The van der Waals surface area contributed by atoms with Crippen molar-refractivity contribution in [3.05, 3.63) is 77.4 Å². The second-order valence-corrected chi connectivity index (χ2v) is 10.9. The van der Waals surface area contributed by atoms with Crippen molar-refractivity contribution < 1.29 is 13.9 Å². The van der Waals surface area contributed by atoms with Crippen LogP contribution in [-0.2, 0) is 0 Å². The number of hydrogen-bond donors (Lipinski definition) is 5. The van der Waals surface area contributed by atoms with Crippen LogP contribution in [0.1, 0.15) is 24.0 Å². The van der Waals surface area contributed by atoms with Gasteiger partial charge in [-0.25, -0.2) is 13.8 Å². The van der Waals surface area contributed by atoms with E-state index in [1.54, 1.807) is 0 Å². The summed E-state index contributed by atoms with van der Waals surface area (Å²) in [4.78, 5) is 4.76. The van der Waals surface area contributed by atoms with Gasteiger partial charge in [0.25, 0.3) is 0 Å². The summed E-state index contributed by atoms with van der Waals surface area (Å²) in [7, 11) is 0. The van der Waals surface area contributed by atoms with Crippen molar-refractivity contribution in [3.8, 4) is 29.4 Å². The third-order valence-corrected chi connectivity index (χ3v) is 8.25. The Kier molecular flexibility index (Phi) is 5.72. The van der Waals surface area contributed by atoms with Gasteiger partial charge in [-0.1, -0.05) is 30.2 Å². The number of nitrogens with one attached hydrogen (secondary N) is 4. The van der Waals surface area contributed by atoms with E-state index in [4.69, 9.17) is 11.4 Å². The number of phenols is 1. The second-order valence-electron chi connectivity index (χ2n) is 10.9. The number of nitrogens with zero attached hydrogens (tertiary/aromatic N) is 1. The van der Waals surface area contributed by atoms with Crippen LogP contribution in [0.15, 0.2) is 54.6 Å². The first-order valence-electron chi connectivity index (χ1n) is 13.5. The minimum atomic E-state index is -0.659. The molecule has 7 rings (SSSR count). The molecule has 0 radical (unpaired) electrons. The fourth-order valence-electron chi connectivity index (χ4n) is 6.09. The zero-order valence-electron chi connectivity index (χ0n) is 21.6. The molecule has 2 heterocycles. The molecule has 3 aromatic carbocycles. The van der Waals surface area contributed by atoms with E-state index in [1.807, 2.05) is 30.3 Å². The van der Waals surface area contributed by atoms with Crippen LogP contribution in [0.25, 0.3) is 22.0 Å². The Labute approximate surface area is 230 Å². The number of phenolic OH excluding ortho intramolecular Hbond substituents is 1. The van der Waals surface area contributed by atoms with Gasteiger partial charge in [0.1, 0.15) is 23.1 Å². The Morgan fingerprint density at radius 3 is 2.52 bits per heavy atom. The highest BCUT2D eigenvalue weighted by Crippen LogP contribution is 2.52. The molecular formula is C32H27F2N5O. The lowest BCUT2D eigenvalue weighted by molar-refractivity contribution is 0.476. The van der Waals surface area contributed by atoms with Gasteiger partial charge in [0.15, 0.2) is 5.82 Å². The number of para-hydroxylation sites is 1. The number of aromatic nitrogens is 1. The second kappa shape index (κ2) is 9.32. The molecule has 40 heavy (non-hydrogen) atoms. The van der Waals surface area contributed by atoms with Gasteiger partial charge in [0, 0.05) is 34.3 Å². The number of aromatic hydroxyl groups is 1. The Balaban J connectivity index is 1.49. The van der Waals surface area contributed by atoms with Gasteiger partial charge < -0.3 is 26.5 Å². The average Bonchev–Trinajstić information content (AvgIpc) is 3.86. The number of fused-ring (bicyclic) bond motifs is 2. The molecule has 1 saturated heterocycles. The van der Waals surface area contributed by atoms with E-state index in [0.29, 0.717) is 39.7 Å². The third kappa shape index (κ3) is 4.05. The van der Waals surface area contributed by atoms with Gasteiger partial charge >= 0.3 is 0 Å². The van der Waals surface area contributed by atoms with Crippen molar-refractivity contribution in [2.24, 2.45) is 17.8 Å². The van der Waals surface area contributed by atoms with Gasteiger partial charge in [-0.05, 0) is 73.5 Å². The lowest BCUT2D eigenvalue weighted by atomic mass is 9.94. The molecular weight excluding hydrogens is 508 g/mol. The van der Waals surface area contributed by atoms with E-state index in [2.05, 4.69) is 21.9 Å². The van der Waals surface area contributed by atoms with E-state index in [9.17, 15) is 14.9 Å². The predicted molar refractivity (Wildman–Crippen MR) is 153 cm³/mol. The van der Waals surface area contributed by atoms with Gasteiger partial charge in [-0.2, -0.15) is 0 Å². The Morgan fingerprint density at radius 1 is 1.07 bits per heavy atom. The lowest BCUT2D eigenvalue weighted by Gasteiger charge is -2.22. The molecule has 4 aromatic rings. The fourth-order valence-corrected chi connectivity index (χ4v) is 6.09. The maximum Gasteiger partial charge on any atom is 0.173 e. The maximum absolute atomic E-state index is 16.8. The summed E-state index contributed by atoms with van der Waals surface area (Å²) < 4.78 is 31.6. The van der Waals surface area contributed by atoms with Crippen LogP contribution >= 0.6 is 0 Å². The van der Waals surface area contributed by atoms with E-state index in [1.165, 1.54) is 24.3 Å². The summed E-state index contributed by atoms with van der Waals surface area (Å²) >= 11 is 0. The third-order valence-electron chi connectivity index (χ3n) is 8.25. The van der Waals surface area contributed by atoms with Crippen LogP contribution in [0.2, 0.25) is 0 Å². The SMILES string of the molecule is C#Cc1c(F)ccc2cc(O)cc(-c3nc(Nc4ccccc4)c(C(=N)C4C5CNCC54)c(NC4CC4)c3F)c12. The average molecular weight is 536 g/mol. The first-order valence-corrected chi connectivity index (χ1v) is 13.5. The highest BCUT2D eigenvalue weighted by Gasteiger charge is 2.56. The van der Waals surface area contributed by atoms with Crippen molar-refractivity contribution in [2.75, 3.05) is 23.7 Å². The standard InChI is InChI=1S/C32H27F2N5O/c1-2-20-24(33)11-8-16-12-19(40)13-21(25(16)20)30-28(34)31(37-18-9-10-18)27(29(35)26-22-14-36-15-23(22)26)32(39-30)38-17-6-4-3-5-7-17/h1,3-8,11-13,18,22-23,26,35-36,40H,9-10,14-15H2,(H2,37,38,39). The maximum atomic E-state index is 16.8. The molecule has 2 saturated carbocycles. The fraction of sp³-hybridized carbons (Fsp3) is 0.250. The molecule has 0 spiro atoms. The predicted octanol–water partition coefficient (Wildman–Crippen LogP) is 6.02. The summed E-state index contributed by atoms with van der Waals surface area (Å²) in [6.07, 6.45) is 7.49. The van der Waals surface area contributed by atoms with Crippen molar-refractivity contribution in [1.29, 1.82) is 5.41 Å². The molecule has 8 heteroatoms. The molecule has 2 aliphatic carbocycles. The molecule has 2 atom stereocenters. The van der Waals surface area contributed by atoms with Crippen molar-refractivity contribution in [3.63, 3.8) is 0 Å². The number of benzene rings is 3. The molecule has 2 unspecified atom stereocenters. The number of pyridine rings is 1. The van der Waals surface area contributed by atoms with Crippen molar-refractivity contribution in [2.45, 2.75) is 18.9 Å². The number of halogens is 2. The number of terminal acetylenes is 1. The minimum Gasteiger partial charge on any atom is -0.508 e. The minimum absolute atomic E-state index is 0.0214. The van der Waals surface area contributed by atoms with Crippen LogP contribution in [0.3, 0.4) is 0 Å². The molecule has 1 aliphatic heterocycles. The van der Waals surface area contributed by atoms with Crippen LogP contribution in [0.5, 0.6) is 5.75 Å². The molecule has 6 nitrogen and oxygen atoms in total. The van der Waals surface area contributed by atoms with Crippen molar-refractivity contribution >= 4 is 33.7 Å². The first-order chi connectivity index (χ1) is 19.4. The largest absolute Gasteiger partial charge is 0.508 e. The monoisotopic (exact) mass is 535 g/mol. The number of anilines is 3. The van der Waals surface area contributed by atoms with E-state index >= 15 is 4.39 Å². The molecule has 1 aromatic heterocycles. The number of hydrogen-bond acceptors (Lipinski definition) is 6. The summed E-state index contributed by atoms with van der Waals surface area (Å²) in [5.74, 6) is 2.04. The highest BCUT2D eigenvalue weighted by molar-refractivity contribution is 6.12. The summed E-state index contributed by atoms with van der Waals surface area (Å²) in [6.45, 7) is 1.68. The van der Waals surface area contributed by atoms with E-state index in [-0.39, 0.29) is 40.2 Å². The van der Waals surface area contributed by atoms with E-state index in [0.717, 1.165) is 31.6 Å². The topological polar surface area (TPSA) is 93.1 Å². The Hall–Kier alpha value is -4.48. The van der Waals surface area contributed by atoms with E-state index < -0.39 is 11.6 Å². The van der Waals surface area contributed by atoms with Crippen LogP contribution in [-0.4, -0.2) is 34.9 Å². The molecule has 0 bridgehead atoms. The first kappa shape index (κ1) is 24.6. The van der Waals surface area contributed by atoms with Crippen LogP contribution < -0.4 is 16.0 Å². The van der Waals surface area contributed by atoms with Crippen LogP contribution in [0, 0.1) is 47.1 Å². The molecule has 3 aliphatic rings. The van der Waals surface area contributed by atoms with Gasteiger partial charge in [-0.3, -0.25) is 0 Å². The number of piperidine rings is 1. The Bertz CT molecular complexity index is 1720. The molecule has 5 N–H and O–H groups in total.